The van der Waals surface area contributed by atoms with Crippen molar-refractivity contribution in [3.8, 4) is 0 Å². The molecule has 0 unspecified atom stereocenters. The Kier molecular flexibility index (Phi) is 4.20. The van der Waals surface area contributed by atoms with Gasteiger partial charge in [-0.15, -0.1) is 0 Å². The van der Waals surface area contributed by atoms with Gasteiger partial charge in [0.2, 0.25) is 12.3 Å². The molecule has 1 aromatic carbocycles. The third-order valence-corrected chi connectivity index (χ3v) is 3.79. The van der Waals surface area contributed by atoms with Gasteiger partial charge >= 0.3 is 0 Å². The van der Waals surface area contributed by atoms with E-state index in [0.717, 1.165) is 30.5 Å². The summed E-state index contributed by atoms with van der Waals surface area (Å²) in [5.41, 5.74) is 1.19. The predicted molar refractivity (Wildman–Crippen MR) is 74.8 cm³/mol. The zero-order valence-electron chi connectivity index (χ0n) is 11.2. The normalized spacial score (nSPS) is 17.5. The Morgan fingerprint density at radius 2 is 1.79 bits per heavy atom. The molecule has 4 nitrogen and oxygen atoms in total. The summed E-state index contributed by atoms with van der Waals surface area (Å²) in [5.74, 6) is -0.108. The number of amides is 2. The van der Waals surface area contributed by atoms with E-state index >= 15 is 0 Å². The highest BCUT2D eigenvalue weighted by Crippen LogP contribution is 2.29. The monoisotopic (exact) mass is 260 g/mol. The summed E-state index contributed by atoms with van der Waals surface area (Å²) in [6.45, 7) is 2.00. The molecule has 0 saturated heterocycles. The first-order chi connectivity index (χ1) is 9.16. The largest absolute Gasteiger partial charge is 0.344 e. The molecule has 0 bridgehead atoms. The van der Waals surface area contributed by atoms with Gasteiger partial charge in [0, 0.05) is 5.69 Å². The van der Waals surface area contributed by atoms with E-state index in [9.17, 15) is 9.59 Å². The van der Waals surface area contributed by atoms with Crippen LogP contribution in [-0.4, -0.2) is 17.9 Å². The number of anilines is 1. The first kappa shape index (κ1) is 13.6. The number of carbonyl (C=O) groups is 2. The van der Waals surface area contributed by atoms with Crippen molar-refractivity contribution in [2.75, 3.05) is 5.32 Å². The molecule has 0 radical (unpaired) electrons. The minimum absolute atomic E-state index is 0.108. The Bertz CT molecular complexity index is 448. The molecule has 1 aliphatic rings. The Labute approximate surface area is 113 Å². The van der Waals surface area contributed by atoms with Crippen LogP contribution in [0.15, 0.2) is 24.3 Å². The van der Waals surface area contributed by atoms with Crippen molar-refractivity contribution in [2.24, 2.45) is 0 Å². The lowest BCUT2D eigenvalue weighted by atomic mass is 9.81. The molecule has 0 aliphatic heterocycles. The second-order valence-electron chi connectivity index (χ2n) is 5.23. The fourth-order valence-electron chi connectivity index (χ4n) is 2.59. The van der Waals surface area contributed by atoms with E-state index in [0.29, 0.717) is 19.3 Å². The van der Waals surface area contributed by atoms with Crippen LogP contribution in [-0.2, 0) is 9.59 Å². The number of nitrogens with one attached hydrogen (secondary N) is 2. The third-order valence-electron chi connectivity index (χ3n) is 3.79. The van der Waals surface area contributed by atoms with E-state index in [1.165, 1.54) is 0 Å². The Morgan fingerprint density at radius 1 is 1.16 bits per heavy atom. The van der Waals surface area contributed by atoms with Gasteiger partial charge in [-0.1, -0.05) is 37.0 Å². The first-order valence-corrected chi connectivity index (χ1v) is 6.76. The smallest absolute Gasteiger partial charge is 0.250 e. The molecule has 0 aromatic heterocycles. The van der Waals surface area contributed by atoms with Crippen molar-refractivity contribution in [3.63, 3.8) is 0 Å². The van der Waals surface area contributed by atoms with E-state index in [1.54, 1.807) is 0 Å². The molecule has 0 spiro atoms. The standard InChI is InChI=1S/C15H20N2O2/c1-12-5-7-13(8-6-12)17-14(19)15(16-11-18)9-3-2-4-10-15/h5-8,11H,2-4,9-10H2,1H3,(H,16,18)(H,17,19). The lowest BCUT2D eigenvalue weighted by Gasteiger charge is -2.35. The van der Waals surface area contributed by atoms with E-state index in [4.69, 9.17) is 0 Å². The molecule has 2 amide bonds. The number of carbonyl (C=O) groups excluding carboxylic acids is 2. The van der Waals surface area contributed by atoms with Gasteiger partial charge in [0.15, 0.2) is 0 Å². The zero-order valence-corrected chi connectivity index (χ0v) is 11.2. The summed E-state index contributed by atoms with van der Waals surface area (Å²) in [6.07, 6.45) is 5.14. The Morgan fingerprint density at radius 3 is 2.37 bits per heavy atom. The number of rotatable bonds is 4. The van der Waals surface area contributed by atoms with Crippen molar-refractivity contribution in [2.45, 2.75) is 44.6 Å². The van der Waals surface area contributed by atoms with Crippen LogP contribution >= 0.6 is 0 Å². The SMILES string of the molecule is Cc1ccc(NC(=O)C2(NC=O)CCCCC2)cc1. The molecule has 0 atom stereocenters. The van der Waals surface area contributed by atoms with Crippen molar-refractivity contribution in [3.05, 3.63) is 29.8 Å². The topological polar surface area (TPSA) is 58.2 Å². The van der Waals surface area contributed by atoms with Crippen LogP contribution in [0.5, 0.6) is 0 Å². The third kappa shape index (κ3) is 3.13. The minimum Gasteiger partial charge on any atom is -0.344 e. The van der Waals surface area contributed by atoms with Crippen LogP contribution in [0.1, 0.15) is 37.7 Å². The minimum atomic E-state index is -0.731. The van der Waals surface area contributed by atoms with E-state index < -0.39 is 5.54 Å². The van der Waals surface area contributed by atoms with Gasteiger partial charge in [-0.2, -0.15) is 0 Å². The number of benzene rings is 1. The van der Waals surface area contributed by atoms with Crippen LogP contribution in [0.2, 0.25) is 0 Å². The summed E-state index contributed by atoms with van der Waals surface area (Å²) in [7, 11) is 0. The highest BCUT2D eigenvalue weighted by molar-refractivity contribution is 5.99. The van der Waals surface area contributed by atoms with E-state index in [2.05, 4.69) is 10.6 Å². The molecule has 2 rings (SSSR count). The summed E-state index contributed by atoms with van der Waals surface area (Å²) in [6, 6.07) is 7.67. The molecule has 19 heavy (non-hydrogen) atoms. The number of aryl methyl sites for hydroxylation is 1. The Balaban J connectivity index is 2.11. The first-order valence-electron chi connectivity index (χ1n) is 6.76. The van der Waals surface area contributed by atoms with Gasteiger partial charge < -0.3 is 10.6 Å². The second-order valence-corrected chi connectivity index (χ2v) is 5.23. The average Bonchev–Trinajstić information content (AvgIpc) is 2.43. The van der Waals surface area contributed by atoms with E-state index in [-0.39, 0.29) is 5.91 Å². The van der Waals surface area contributed by atoms with Gasteiger partial charge in [-0.05, 0) is 31.9 Å². The molecular formula is C15H20N2O2. The summed E-state index contributed by atoms with van der Waals surface area (Å²) in [4.78, 5) is 23.2. The van der Waals surface area contributed by atoms with Crippen molar-refractivity contribution >= 4 is 18.0 Å². The summed E-state index contributed by atoms with van der Waals surface area (Å²) >= 11 is 0. The quantitative estimate of drug-likeness (QED) is 0.817. The average molecular weight is 260 g/mol. The lowest BCUT2D eigenvalue weighted by Crippen LogP contribution is -2.55. The summed E-state index contributed by atoms with van der Waals surface area (Å²) in [5, 5.41) is 5.64. The number of hydrogen-bond acceptors (Lipinski definition) is 2. The molecule has 1 fully saturated rings. The molecule has 1 saturated carbocycles. The molecule has 1 aliphatic carbocycles. The van der Waals surface area contributed by atoms with Gasteiger partial charge in [0.05, 0.1) is 0 Å². The molecule has 0 heterocycles. The maximum Gasteiger partial charge on any atom is 0.250 e. The van der Waals surface area contributed by atoms with Crippen LogP contribution < -0.4 is 10.6 Å². The van der Waals surface area contributed by atoms with Crippen LogP contribution in [0.4, 0.5) is 5.69 Å². The molecule has 1 aromatic rings. The molecule has 2 N–H and O–H groups in total. The van der Waals surface area contributed by atoms with Gasteiger partial charge in [-0.3, -0.25) is 9.59 Å². The maximum atomic E-state index is 12.4. The van der Waals surface area contributed by atoms with Crippen LogP contribution in [0.25, 0.3) is 0 Å². The lowest BCUT2D eigenvalue weighted by molar-refractivity contribution is -0.127. The highest BCUT2D eigenvalue weighted by Gasteiger charge is 2.39. The Hall–Kier alpha value is -1.84. The van der Waals surface area contributed by atoms with E-state index in [1.807, 2.05) is 31.2 Å². The highest BCUT2D eigenvalue weighted by atomic mass is 16.2. The molecular weight excluding hydrogens is 240 g/mol. The fraction of sp³-hybridized carbons (Fsp3) is 0.467. The van der Waals surface area contributed by atoms with Crippen molar-refractivity contribution < 1.29 is 9.59 Å². The van der Waals surface area contributed by atoms with Gasteiger partial charge in [0.1, 0.15) is 5.54 Å². The summed E-state index contributed by atoms with van der Waals surface area (Å²) < 4.78 is 0. The van der Waals surface area contributed by atoms with Gasteiger partial charge in [-0.25, -0.2) is 0 Å². The zero-order chi connectivity index (χ0) is 13.7. The van der Waals surface area contributed by atoms with Crippen LogP contribution in [0.3, 0.4) is 0 Å². The fourth-order valence-corrected chi connectivity index (χ4v) is 2.59. The van der Waals surface area contributed by atoms with Crippen molar-refractivity contribution in [1.82, 2.24) is 5.32 Å². The predicted octanol–water partition coefficient (Wildman–Crippen LogP) is 2.38. The maximum absolute atomic E-state index is 12.4. The van der Waals surface area contributed by atoms with Crippen LogP contribution in [0, 0.1) is 6.92 Å². The molecule has 102 valence electrons. The van der Waals surface area contributed by atoms with Gasteiger partial charge in [0.25, 0.3) is 0 Å². The van der Waals surface area contributed by atoms with Crippen molar-refractivity contribution in [1.29, 1.82) is 0 Å². The number of hydrogen-bond donors (Lipinski definition) is 2. The molecule has 4 heteroatoms. The second kappa shape index (κ2) is 5.87.